The summed E-state index contributed by atoms with van der Waals surface area (Å²) < 4.78 is 5.66. The average molecular weight is 377 g/mol. The molecule has 0 bridgehead atoms. The van der Waals surface area contributed by atoms with Crippen LogP contribution in [-0.4, -0.2) is 23.4 Å². The van der Waals surface area contributed by atoms with Crippen LogP contribution in [0.4, 0.5) is 0 Å². The number of ether oxygens (including phenoxy) is 1. The molecule has 2 aromatic rings. The second kappa shape index (κ2) is 7.89. The fourth-order valence-corrected chi connectivity index (χ4v) is 2.42. The Morgan fingerprint density at radius 2 is 1.78 bits per heavy atom. The second-order valence-electron chi connectivity index (χ2n) is 5.01. The van der Waals surface area contributed by atoms with E-state index >= 15 is 0 Å². The lowest BCUT2D eigenvalue weighted by molar-refractivity contribution is -0.128. The molecule has 119 valence electrons. The van der Waals surface area contributed by atoms with Crippen molar-refractivity contribution in [1.82, 2.24) is 0 Å². The number of rotatable bonds is 7. The van der Waals surface area contributed by atoms with Gasteiger partial charge in [0.25, 0.3) is 0 Å². The van der Waals surface area contributed by atoms with Crippen molar-refractivity contribution in [3.05, 3.63) is 64.1 Å². The molecule has 0 aliphatic heterocycles. The molecule has 5 nitrogen and oxygen atoms in total. The summed E-state index contributed by atoms with van der Waals surface area (Å²) >= 11 is 3.30. The molecule has 0 saturated carbocycles. The number of hydrogen-bond donors (Lipinski definition) is 2. The van der Waals surface area contributed by atoms with Crippen molar-refractivity contribution in [2.24, 2.45) is 5.73 Å². The highest BCUT2D eigenvalue weighted by Crippen LogP contribution is 2.22. The monoisotopic (exact) mass is 376 g/mol. The molecule has 6 heteroatoms. The van der Waals surface area contributed by atoms with Crippen molar-refractivity contribution >= 4 is 28.2 Å². The van der Waals surface area contributed by atoms with Gasteiger partial charge in [-0.1, -0.05) is 40.2 Å². The lowest BCUT2D eigenvalue weighted by atomic mass is 9.96. The normalized spacial score (nSPS) is 13.1. The van der Waals surface area contributed by atoms with Crippen LogP contribution in [0.15, 0.2) is 53.0 Å². The molecule has 2 atom stereocenters. The van der Waals surface area contributed by atoms with Crippen LogP contribution in [0.3, 0.4) is 0 Å². The molecule has 0 heterocycles. The summed E-state index contributed by atoms with van der Waals surface area (Å²) in [6.07, 6.45) is -0.818. The van der Waals surface area contributed by atoms with E-state index in [-0.39, 0.29) is 12.2 Å². The van der Waals surface area contributed by atoms with Gasteiger partial charge < -0.3 is 15.6 Å². The zero-order valence-electron chi connectivity index (χ0n) is 12.1. The van der Waals surface area contributed by atoms with Crippen LogP contribution in [0.1, 0.15) is 17.2 Å². The van der Waals surface area contributed by atoms with E-state index in [1.807, 2.05) is 0 Å². The Kier molecular flexibility index (Phi) is 5.90. The van der Waals surface area contributed by atoms with E-state index in [4.69, 9.17) is 10.5 Å². The molecule has 1 radical (unpaired) electrons. The minimum absolute atomic E-state index is 0.139. The van der Waals surface area contributed by atoms with Gasteiger partial charge in [-0.05, 0) is 36.2 Å². The van der Waals surface area contributed by atoms with Gasteiger partial charge in [0, 0.05) is 10.0 Å². The number of phenols is 1. The van der Waals surface area contributed by atoms with E-state index in [0.29, 0.717) is 5.56 Å². The van der Waals surface area contributed by atoms with E-state index in [1.54, 1.807) is 36.4 Å². The molecule has 0 saturated heterocycles. The first-order valence-electron chi connectivity index (χ1n) is 6.86. The Morgan fingerprint density at radius 3 is 2.35 bits per heavy atom. The molecule has 0 spiro atoms. The van der Waals surface area contributed by atoms with Crippen molar-refractivity contribution in [2.45, 2.75) is 18.6 Å². The summed E-state index contributed by atoms with van der Waals surface area (Å²) in [6, 6.07) is 12.4. The van der Waals surface area contributed by atoms with E-state index in [9.17, 15) is 14.7 Å². The second-order valence-corrected chi connectivity index (χ2v) is 5.93. The van der Waals surface area contributed by atoms with E-state index < -0.39 is 17.9 Å². The zero-order chi connectivity index (χ0) is 16.8. The van der Waals surface area contributed by atoms with Gasteiger partial charge >= 0.3 is 6.47 Å². The van der Waals surface area contributed by atoms with Crippen molar-refractivity contribution < 1.29 is 19.4 Å². The van der Waals surface area contributed by atoms with Gasteiger partial charge in [0.15, 0.2) is 11.9 Å². The van der Waals surface area contributed by atoms with E-state index in [0.717, 1.165) is 10.0 Å². The van der Waals surface area contributed by atoms with Gasteiger partial charge in [-0.3, -0.25) is 4.79 Å². The van der Waals surface area contributed by atoms with Gasteiger partial charge in [0.05, 0.1) is 6.04 Å². The van der Waals surface area contributed by atoms with E-state index in [1.165, 1.54) is 18.6 Å². The molecule has 0 aliphatic carbocycles. The molecule has 2 aromatic carbocycles. The number of hydrogen-bond acceptors (Lipinski definition) is 5. The molecule has 23 heavy (non-hydrogen) atoms. The van der Waals surface area contributed by atoms with E-state index in [2.05, 4.69) is 15.9 Å². The SMILES string of the molecule is N[C@@H](Cc1ccc(O)cc1)C(=O)C(O[C]=O)c1ccc(Br)cc1. The maximum absolute atomic E-state index is 12.5. The largest absolute Gasteiger partial charge is 0.508 e. The number of aromatic hydroxyl groups is 1. The molecule has 0 aliphatic rings. The summed E-state index contributed by atoms with van der Waals surface area (Å²) in [5.74, 6) is -0.274. The minimum atomic E-state index is -1.09. The number of phenolic OH excluding ortho intramolecular Hbond substituents is 1. The molecule has 0 fully saturated rings. The first-order valence-corrected chi connectivity index (χ1v) is 7.66. The van der Waals surface area contributed by atoms with Crippen LogP contribution in [0.25, 0.3) is 0 Å². The number of carbonyl (C=O) groups is 1. The van der Waals surface area contributed by atoms with Crippen molar-refractivity contribution in [2.75, 3.05) is 0 Å². The average Bonchev–Trinajstić information content (AvgIpc) is 2.55. The number of ketones is 1. The summed E-state index contributed by atoms with van der Waals surface area (Å²) in [7, 11) is 0. The molecular weight excluding hydrogens is 362 g/mol. The number of Topliss-reactive ketones (excluding diaryl/α,β-unsaturated/α-hetero) is 1. The van der Waals surface area contributed by atoms with Crippen LogP contribution in [0, 0.1) is 0 Å². The molecular formula is C17H15BrNO4. The number of nitrogens with two attached hydrogens (primary N) is 1. The first-order chi connectivity index (χ1) is 11.0. The van der Waals surface area contributed by atoms with Crippen LogP contribution < -0.4 is 5.73 Å². The third-order valence-electron chi connectivity index (χ3n) is 3.35. The Morgan fingerprint density at radius 1 is 1.17 bits per heavy atom. The highest BCUT2D eigenvalue weighted by Gasteiger charge is 2.27. The lowest BCUT2D eigenvalue weighted by Crippen LogP contribution is -2.37. The fourth-order valence-electron chi connectivity index (χ4n) is 2.16. The number of carbonyl (C=O) groups excluding carboxylic acids is 2. The van der Waals surface area contributed by atoms with Crippen LogP contribution in [0.5, 0.6) is 5.75 Å². The minimum Gasteiger partial charge on any atom is -0.508 e. The van der Waals surface area contributed by atoms with Crippen molar-refractivity contribution in [3.63, 3.8) is 0 Å². The smallest absolute Gasteiger partial charge is 0.418 e. The molecule has 2 rings (SSSR count). The quantitative estimate of drug-likeness (QED) is 0.774. The highest BCUT2D eigenvalue weighted by atomic mass is 79.9. The van der Waals surface area contributed by atoms with Crippen LogP contribution in [-0.2, 0) is 20.7 Å². The summed E-state index contributed by atoms with van der Waals surface area (Å²) in [6.45, 7) is 1.32. The van der Waals surface area contributed by atoms with Gasteiger partial charge in [0.2, 0.25) is 0 Å². The standard InChI is InChI=1S/C17H15BrNO4/c18-13-5-3-12(4-6-13)17(23-10-20)16(22)15(19)9-11-1-7-14(21)8-2-11/h1-8,15,17,21H,9,19H2/t15-,17?/m0/s1. The molecule has 3 N–H and O–H groups in total. The van der Waals surface area contributed by atoms with Crippen molar-refractivity contribution in [1.29, 1.82) is 0 Å². The highest BCUT2D eigenvalue weighted by molar-refractivity contribution is 9.10. The van der Waals surface area contributed by atoms with Crippen LogP contribution >= 0.6 is 15.9 Å². The summed E-state index contributed by atoms with van der Waals surface area (Å²) in [5.41, 5.74) is 7.28. The van der Waals surface area contributed by atoms with Gasteiger partial charge in [-0.25, -0.2) is 4.79 Å². The molecule has 0 aromatic heterocycles. The topological polar surface area (TPSA) is 89.6 Å². The Hall–Kier alpha value is -2.18. The first kappa shape index (κ1) is 17.2. The third kappa shape index (κ3) is 4.64. The number of halogens is 1. The maximum Gasteiger partial charge on any atom is 0.418 e. The lowest BCUT2D eigenvalue weighted by Gasteiger charge is -2.18. The van der Waals surface area contributed by atoms with Gasteiger partial charge in [-0.2, -0.15) is 0 Å². The fraction of sp³-hybridized carbons (Fsp3) is 0.176. The predicted molar refractivity (Wildman–Crippen MR) is 88.5 cm³/mol. The molecule has 1 unspecified atom stereocenters. The Labute approximate surface area is 142 Å². The summed E-state index contributed by atoms with van der Waals surface area (Å²) in [5, 5.41) is 9.26. The Bertz CT molecular complexity index is 670. The number of benzene rings is 2. The van der Waals surface area contributed by atoms with Gasteiger partial charge in [0.1, 0.15) is 5.75 Å². The Balaban J connectivity index is 2.14. The summed E-state index contributed by atoms with van der Waals surface area (Å²) in [4.78, 5) is 23.1. The van der Waals surface area contributed by atoms with Crippen LogP contribution in [0.2, 0.25) is 0 Å². The predicted octanol–water partition coefficient (Wildman–Crippen LogP) is 2.42. The zero-order valence-corrected chi connectivity index (χ0v) is 13.7. The molecule has 0 amide bonds. The van der Waals surface area contributed by atoms with Crippen molar-refractivity contribution in [3.8, 4) is 5.75 Å². The van der Waals surface area contributed by atoms with Gasteiger partial charge in [-0.15, -0.1) is 0 Å². The maximum atomic E-state index is 12.5. The third-order valence-corrected chi connectivity index (χ3v) is 3.88.